The minimum absolute atomic E-state index is 0.708. The summed E-state index contributed by atoms with van der Waals surface area (Å²) in [5, 5.41) is 4.18. The van der Waals surface area contributed by atoms with Crippen LogP contribution < -0.4 is 16.0 Å². The van der Waals surface area contributed by atoms with Crippen molar-refractivity contribution in [3.8, 4) is 0 Å². The maximum Gasteiger partial charge on any atom is 0.0426 e. The van der Waals surface area contributed by atoms with Crippen LogP contribution in [0.25, 0.3) is 0 Å². The van der Waals surface area contributed by atoms with Crippen LogP contribution in [-0.2, 0) is 6.42 Å². The van der Waals surface area contributed by atoms with Gasteiger partial charge in [-0.15, -0.1) is 0 Å². The van der Waals surface area contributed by atoms with Gasteiger partial charge in [0, 0.05) is 36.9 Å². The fourth-order valence-electron chi connectivity index (χ4n) is 2.63. The third-order valence-corrected chi connectivity index (χ3v) is 3.85. The zero-order valence-electron chi connectivity index (χ0n) is 11.5. The van der Waals surface area contributed by atoms with E-state index < -0.39 is 0 Å². The molecule has 1 saturated heterocycles. The van der Waals surface area contributed by atoms with Gasteiger partial charge in [0.2, 0.25) is 0 Å². The Bertz CT molecular complexity index is 389. The zero-order valence-corrected chi connectivity index (χ0v) is 12.3. The number of hydrogen-bond acceptors (Lipinski definition) is 3. The van der Waals surface area contributed by atoms with E-state index in [4.69, 9.17) is 17.3 Å². The lowest BCUT2D eigenvalue weighted by molar-refractivity contribution is 0.653. The summed E-state index contributed by atoms with van der Waals surface area (Å²) in [6.07, 6.45) is 4.83. The fraction of sp³-hybridized carbons (Fsp3) is 0.600. The molecule has 3 N–H and O–H groups in total. The van der Waals surface area contributed by atoms with Gasteiger partial charge in [0.1, 0.15) is 0 Å². The van der Waals surface area contributed by atoms with Gasteiger partial charge in [-0.25, -0.2) is 0 Å². The largest absolute Gasteiger partial charge is 0.371 e. The van der Waals surface area contributed by atoms with Crippen molar-refractivity contribution < 1.29 is 0 Å². The summed E-state index contributed by atoms with van der Waals surface area (Å²) in [5.74, 6) is 0. The van der Waals surface area contributed by atoms with Crippen molar-refractivity contribution in [2.75, 3.05) is 37.6 Å². The number of hydrogen-bond donors (Lipinski definition) is 2. The van der Waals surface area contributed by atoms with Crippen molar-refractivity contribution in [2.24, 2.45) is 5.73 Å². The molecule has 19 heavy (non-hydrogen) atoms. The molecule has 0 unspecified atom stereocenters. The monoisotopic (exact) mass is 281 g/mol. The van der Waals surface area contributed by atoms with Gasteiger partial charge in [-0.3, -0.25) is 0 Å². The summed E-state index contributed by atoms with van der Waals surface area (Å²) >= 11 is 6.14. The van der Waals surface area contributed by atoms with Crippen LogP contribution in [0.4, 0.5) is 5.69 Å². The van der Waals surface area contributed by atoms with Gasteiger partial charge in [0.15, 0.2) is 0 Å². The Morgan fingerprint density at radius 2 is 2.00 bits per heavy atom. The van der Waals surface area contributed by atoms with Gasteiger partial charge in [0.05, 0.1) is 0 Å². The predicted octanol–water partition coefficient (Wildman–Crippen LogP) is 2.42. The SMILES string of the molecule is NCCNCCCc1ccc(Cl)cc1N1CCCC1. The Labute approximate surface area is 121 Å². The highest BCUT2D eigenvalue weighted by molar-refractivity contribution is 6.30. The van der Waals surface area contributed by atoms with Crippen molar-refractivity contribution in [3.63, 3.8) is 0 Å². The molecular formula is C15H24ClN3. The molecule has 1 aliphatic rings. The van der Waals surface area contributed by atoms with Crippen molar-refractivity contribution in [3.05, 3.63) is 28.8 Å². The van der Waals surface area contributed by atoms with Crippen LogP contribution >= 0.6 is 11.6 Å². The van der Waals surface area contributed by atoms with Gasteiger partial charge >= 0.3 is 0 Å². The van der Waals surface area contributed by atoms with Crippen molar-refractivity contribution >= 4 is 17.3 Å². The lowest BCUT2D eigenvalue weighted by Crippen LogP contribution is -2.24. The minimum Gasteiger partial charge on any atom is -0.371 e. The van der Waals surface area contributed by atoms with Gasteiger partial charge < -0.3 is 16.0 Å². The standard InChI is InChI=1S/C15H24ClN3/c16-14-6-5-13(4-3-8-18-9-7-17)15(12-14)19-10-1-2-11-19/h5-6,12,18H,1-4,7-11,17H2. The molecule has 0 amide bonds. The normalized spacial score (nSPS) is 15.2. The quantitative estimate of drug-likeness (QED) is 0.754. The first-order valence-corrected chi connectivity index (χ1v) is 7.63. The average molecular weight is 282 g/mol. The van der Waals surface area contributed by atoms with Crippen LogP contribution in [0.5, 0.6) is 0 Å². The second-order valence-electron chi connectivity index (χ2n) is 5.11. The van der Waals surface area contributed by atoms with E-state index in [1.165, 1.54) is 37.2 Å². The molecular weight excluding hydrogens is 258 g/mol. The van der Waals surface area contributed by atoms with Crippen LogP contribution in [-0.4, -0.2) is 32.7 Å². The molecule has 0 aliphatic carbocycles. The molecule has 0 bridgehead atoms. The number of nitrogens with zero attached hydrogens (tertiary/aromatic N) is 1. The predicted molar refractivity (Wildman–Crippen MR) is 83.1 cm³/mol. The van der Waals surface area contributed by atoms with Gasteiger partial charge in [-0.05, 0) is 49.9 Å². The number of anilines is 1. The molecule has 2 rings (SSSR count). The maximum atomic E-state index is 6.14. The maximum absolute atomic E-state index is 6.14. The van der Waals surface area contributed by atoms with E-state index in [2.05, 4.69) is 22.3 Å². The summed E-state index contributed by atoms with van der Waals surface area (Å²) in [4.78, 5) is 2.47. The summed E-state index contributed by atoms with van der Waals surface area (Å²) < 4.78 is 0. The third kappa shape index (κ3) is 4.37. The van der Waals surface area contributed by atoms with E-state index in [-0.39, 0.29) is 0 Å². The lowest BCUT2D eigenvalue weighted by Gasteiger charge is -2.22. The fourth-order valence-corrected chi connectivity index (χ4v) is 2.80. The van der Waals surface area contributed by atoms with Gasteiger partial charge in [-0.1, -0.05) is 17.7 Å². The lowest BCUT2D eigenvalue weighted by atomic mass is 10.1. The number of halogens is 1. The van der Waals surface area contributed by atoms with Crippen molar-refractivity contribution in [1.29, 1.82) is 0 Å². The van der Waals surface area contributed by atoms with Crippen molar-refractivity contribution in [1.82, 2.24) is 5.32 Å². The first-order chi connectivity index (χ1) is 9.31. The highest BCUT2D eigenvalue weighted by Gasteiger charge is 2.15. The van der Waals surface area contributed by atoms with E-state index in [1.54, 1.807) is 0 Å². The van der Waals surface area contributed by atoms with E-state index >= 15 is 0 Å². The van der Waals surface area contributed by atoms with Crippen LogP contribution in [0, 0.1) is 0 Å². The Morgan fingerprint density at radius 1 is 1.21 bits per heavy atom. The molecule has 0 spiro atoms. The number of benzene rings is 1. The highest BCUT2D eigenvalue weighted by Crippen LogP contribution is 2.28. The van der Waals surface area contributed by atoms with Crippen LogP contribution in [0.2, 0.25) is 5.02 Å². The molecule has 106 valence electrons. The van der Waals surface area contributed by atoms with Crippen LogP contribution in [0.3, 0.4) is 0 Å². The first kappa shape index (κ1) is 14.6. The van der Waals surface area contributed by atoms with E-state index in [1.807, 2.05) is 6.07 Å². The molecule has 0 saturated carbocycles. The van der Waals surface area contributed by atoms with Crippen LogP contribution in [0.1, 0.15) is 24.8 Å². The summed E-state index contributed by atoms with van der Waals surface area (Å²) in [6.45, 7) is 4.97. The summed E-state index contributed by atoms with van der Waals surface area (Å²) in [5.41, 5.74) is 8.22. The zero-order chi connectivity index (χ0) is 13.5. The van der Waals surface area contributed by atoms with Crippen molar-refractivity contribution in [2.45, 2.75) is 25.7 Å². The molecule has 0 aromatic heterocycles. The highest BCUT2D eigenvalue weighted by atomic mass is 35.5. The molecule has 1 fully saturated rings. The van der Waals surface area contributed by atoms with Crippen LogP contribution in [0.15, 0.2) is 18.2 Å². The average Bonchev–Trinajstić information content (AvgIpc) is 2.94. The Balaban J connectivity index is 1.94. The third-order valence-electron chi connectivity index (χ3n) is 3.61. The molecule has 1 aromatic carbocycles. The molecule has 3 nitrogen and oxygen atoms in total. The molecule has 4 heteroatoms. The molecule has 0 radical (unpaired) electrons. The first-order valence-electron chi connectivity index (χ1n) is 7.25. The summed E-state index contributed by atoms with van der Waals surface area (Å²) in [6, 6.07) is 6.30. The number of aryl methyl sites for hydroxylation is 1. The second kappa shape index (κ2) is 7.73. The second-order valence-corrected chi connectivity index (χ2v) is 5.55. The Morgan fingerprint density at radius 3 is 2.74 bits per heavy atom. The Hall–Kier alpha value is -0.770. The molecule has 0 atom stereocenters. The van der Waals surface area contributed by atoms with E-state index in [0.717, 1.165) is 31.0 Å². The van der Waals surface area contributed by atoms with E-state index in [9.17, 15) is 0 Å². The van der Waals surface area contributed by atoms with Gasteiger partial charge in [-0.2, -0.15) is 0 Å². The smallest absolute Gasteiger partial charge is 0.0426 e. The molecule has 1 aliphatic heterocycles. The topological polar surface area (TPSA) is 41.3 Å². The number of rotatable bonds is 7. The molecule has 1 aromatic rings. The molecule has 1 heterocycles. The minimum atomic E-state index is 0.708. The summed E-state index contributed by atoms with van der Waals surface area (Å²) in [7, 11) is 0. The number of nitrogens with one attached hydrogen (secondary N) is 1. The van der Waals surface area contributed by atoms with Gasteiger partial charge in [0.25, 0.3) is 0 Å². The van der Waals surface area contributed by atoms with E-state index in [0.29, 0.717) is 6.54 Å². The number of nitrogens with two attached hydrogens (primary N) is 1. The Kier molecular flexibility index (Phi) is 5.95.